The van der Waals surface area contributed by atoms with Crippen LogP contribution >= 0.6 is 10.5 Å². The lowest BCUT2D eigenvalue weighted by Crippen LogP contribution is -1.97. The monoisotopic (exact) mass is 389 g/mol. The summed E-state index contributed by atoms with van der Waals surface area (Å²) in [5.41, 5.74) is 0.819. The first-order valence-electron chi connectivity index (χ1n) is 6.52. The van der Waals surface area contributed by atoms with Crippen molar-refractivity contribution in [2.24, 2.45) is 6.26 Å². The highest BCUT2D eigenvalue weighted by Crippen LogP contribution is 2.37. The fourth-order valence-electron chi connectivity index (χ4n) is 2.16. The van der Waals surface area contributed by atoms with Gasteiger partial charge in [0.25, 0.3) is 0 Å². The lowest BCUT2D eigenvalue weighted by molar-refractivity contribution is 0.314. The number of hydrogen-bond acceptors (Lipinski definition) is 7. The van der Waals surface area contributed by atoms with Crippen molar-refractivity contribution in [2.75, 3.05) is 13.4 Å². The number of benzene rings is 2. The maximum Gasteiger partial charge on any atom is 0.360 e. The van der Waals surface area contributed by atoms with Crippen molar-refractivity contribution >= 4 is 51.7 Å². The quantitative estimate of drug-likeness (QED) is 0.375. The van der Waals surface area contributed by atoms with E-state index >= 15 is 0 Å². The van der Waals surface area contributed by atoms with E-state index in [1.165, 1.54) is 6.26 Å². The highest BCUT2D eigenvalue weighted by atomic mass is 32.3. The number of thiazole rings is 1. The second-order valence-electron chi connectivity index (χ2n) is 4.87. The molecule has 2 aromatic carbocycles. The molecule has 0 aliphatic heterocycles. The van der Waals surface area contributed by atoms with Crippen LogP contribution in [0.1, 0.15) is 0 Å². The van der Waals surface area contributed by atoms with E-state index in [1.807, 2.05) is 42.7 Å². The van der Waals surface area contributed by atoms with Gasteiger partial charge in [0.15, 0.2) is 0 Å². The normalized spacial score (nSPS) is 12.9. The number of fused-ring (bicyclic) bond motifs is 3. The largest absolute Gasteiger partial charge is 0.726 e. The van der Waals surface area contributed by atoms with Gasteiger partial charge in [0, 0.05) is 28.2 Å². The molecule has 1 aromatic heterocycles. The summed E-state index contributed by atoms with van der Waals surface area (Å²) in [7, 11) is -7.28. The Balaban J connectivity index is 0.000000301. The summed E-state index contributed by atoms with van der Waals surface area (Å²) in [6, 6.07) is 11.9. The molecular weight excluding hydrogens is 374 g/mol. The first kappa shape index (κ1) is 18.7. The standard InChI is InChI=1S/C13H12NO2S2.CH4O4S/c1-17-11-8-7-9-5-3-4-6-10(9)12(11)14-13(17)18(2,15)16;1-5-6(2,3)4/h3-8H,1-2H3;1H3,(H,2,3,4)/q+1;/p-1. The maximum atomic E-state index is 11.7. The minimum Gasteiger partial charge on any atom is -0.726 e. The van der Waals surface area contributed by atoms with Crippen molar-refractivity contribution in [3.05, 3.63) is 36.4 Å². The molecule has 0 amide bonds. The van der Waals surface area contributed by atoms with E-state index in [0.717, 1.165) is 28.1 Å². The minimum atomic E-state index is -4.41. The Morgan fingerprint density at radius 3 is 2.21 bits per heavy atom. The molecule has 0 fully saturated rings. The van der Waals surface area contributed by atoms with Crippen LogP contribution in [0.3, 0.4) is 0 Å². The van der Waals surface area contributed by atoms with Gasteiger partial charge < -0.3 is 4.55 Å². The van der Waals surface area contributed by atoms with Crippen molar-refractivity contribution in [1.29, 1.82) is 0 Å². The Morgan fingerprint density at radius 1 is 1.08 bits per heavy atom. The predicted molar refractivity (Wildman–Crippen MR) is 92.5 cm³/mol. The van der Waals surface area contributed by atoms with Crippen LogP contribution in [0.2, 0.25) is 0 Å². The molecule has 0 N–H and O–H groups in total. The van der Waals surface area contributed by atoms with E-state index < -0.39 is 30.7 Å². The summed E-state index contributed by atoms with van der Waals surface area (Å²) in [6.07, 6.45) is 3.14. The Hall–Kier alpha value is -1.59. The number of aromatic nitrogens is 1. The molecule has 0 saturated carbocycles. The fourth-order valence-corrected chi connectivity index (χ4v) is 5.64. The Kier molecular flexibility index (Phi) is 5.25. The summed E-state index contributed by atoms with van der Waals surface area (Å²) >= 11 is 0. The number of nitrogens with zero attached hydrogens (tertiary/aromatic N) is 1. The van der Waals surface area contributed by atoms with Gasteiger partial charge in [-0.25, -0.2) is 16.8 Å². The zero-order valence-electron chi connectivity index (χ0n) is 13.1. The van der Waals surface area contributed by atoms with Gasteiger partial charge in [0.2, 0.25) is 24.9 Å². The van der Waals surface area contributed by atoms with Crippen LogP contribution in [0.25, 0.3) is 21.0 Å². The Labute approximate surface area is 142 Å². The average molecular weight is 389 g/mol. The Bertz CT molecular complexity index is 1100. The zero-order chi connectivity index (χ0) is 18.1. The first-order chi connectivity index (χ1) is 11.0. The van der Waals surface area contributed by atoms with E-state index in [0.29, 0.717) is 4.34 Å². The highest BCUT2D eigenvalue weighted by Gasteiger charge is 2.28. The molecule has 1 unspecified atom stereocenters. The molecule has 0 saturated heterocycles. The lowest BCUT2D eigenvalue weighted by Gasteiger charge is -1.98. The third-order valence-corrected chi connectivity index (χ3v) is 7.58. The van der Waals surface area contributed by atoms with Gasteiger partial charge in [-0.2, -0.15) is 4.98 Å². The SMILES string of the molecule is COS(=O)(=O)[O-].C[s+]1c(S(C)(=O)=O)nc2c3ccccc3ccc21. The van der Waals surface area contributed by atoms with Crippen LogP contribution in [0.4, 0.5) is 0 Å². The molecule has 24 heavy (non-hydrogen) atoms. The van der Waals surface area contributed by atoms with E-state index in [1.54, 1.807) is 0 Å². The first-order valence-corrected chi connectivity index (χ1v) is 11.4. The maximum absolute atomic E-state index is 11.7. The van der Waals surface area contributed by atoms with Crippen LogP contribution in [-0.2, 0) is 30.7 Å². The van der Waals surface area contributed by atoms with Crippen LogP contribution < -0.4 is 0 Å². The molecular formula is C14H15NO6S3. The van der Waals surface area contributed by atoms with Gasteiger partial charge in [-0.05, 0) is 11.5 Å². The molecule has 130 valence electrons. The smallest absolute Gasteiger partial charge is 0.360 e. The molecule has 1 atom stereocenters. The van der Waals surface area contributed by atoms with Crippen molar-refractivity contribution in [3.63, 3.8) is 0 Å². The summed E-state index contributed by atoms with van der Waals surface area (Å²) in [5, 5.41) is 2.11. The van der Waals surface area contributed by atoms with Crippen LogP contribution in [0, 0.1) is 0 Å². The number of rotatable bonds is 2. The van der Waals surface area contributed by atoms with E-state index in [9.17, 15) is 21.4 Å². The topological polar surface area (TPSA) is 113 Å². The van der Waals surface area contributed by atoms with Gasteiger partial charge in [0.1, 0.15) is 11.8 Å². The average Bonchev–Trinajstić information content (AvgIpc) is 2.85. The van der Waals surface area contributed by atoms with Gasteiger partial charge >= 0.3 is 4.34 Å². The van der Waals surface area contributed by atoms with Crippen molar-refractivity contribution in [3.8, 4) is 0 Å². The van der Waals surface area contributed by atoms with Crippen LogP contribution in [-0.4, -0.2) is 39.7 Å². The van der Waals surface area contributed by atoms with Gasteiger partial charge in [-0.15, -0.1) is 0 Å². The predicted octanol–water partition coefficient (Wildman–Crippen LogP) is 2.17. The molecule has 0 bridgehead atoms. The number of hydrogen-bond donors (Lipinski definition) is 0. The lowest BCUT2D eigenvalue weighted by atomic mass is 10.1. The molecule has 1 heterocycles. The number of sulfone groups is 1. The van der Waals surface area contributed by atoms with Crippen LogP contribution in [0.5, 0.6) is 0 Å². The zero-order valence-corrected chi connectivity index (χ0v) is 15.5. The third-order valence-electron chi connectivity index (χ3n) is 3.18. The molecule has 0 aliphatic carbocycles. The summed E-state index contributed by atoms with van der Waals surface area (Å²) < 4.78 is 55.8. The van der Waals surface area contributed by atoms with Crippen LogP contribution in [0.15, 0.2) is 40.7 Å². The molecule has 3 rings (SSSR count). The number of aryl methyl sites for hydroxylation is 1. The third kappa shape index (κ3) is 4.08. The van der Waals surface area contributed by atoms with Gasteiger partial charge in [-0.3, -0.25) is 4.18 Å². The molecule has 0 aliphatic rings. The van der Waals surface area contributed by atoms with Gasteiger partial charge in [0.05, 0.1) is 7.11 Å². The molecule has 7 nitrogen and oxygen atoms in total. The van der Waals surface area contributed by atoms with E-state index in [-0.39, 0.29) is 0 Å². The second-order valence-corrected chi connectivity index (χ2v) is 10.1. The summed E-state index contributed by atoms with van der Waals surface area (Å²) in [5.74, 6) is 0. The summed E-state index contributed by atoms with van der Waals surface area (Å²) in [6.45, 7) is 0. The van der Waals surface area contributed by atoms with Crippen molar-refractivity contribution in [1.82, 2.24) is 4.98 Å². The molecule has 0 spiro atoms. The fraction of sp³-hybridized carbons (Fsp3) is 0.214. The highest BCUT2D eigenvalue weighted by molar-refractivity contribution is 7.93. The van der Waals surface area contributed by atoms with E-state index in [2.05, 4.69) is 9.17 Å². The second kappa shape index (κ2) is 6.73. The molecule has 10 heteroatoms. The van der Waals surface area contributed by atoms with E-state index in [4.69, 9.17) is 0 Å². The minimum absolute atomic E-state index is 0.300. The molecule has 3 aromatic rings. The summed E-state index contributed by atoms with van der Waals surface area (Å²) in [4.78, 5) is 4.37. The van der Waals surface area contributed by atoms with Crippen molar-refractivity contribution < 1.29 is 25.6 Å². The van der Waals surface area contributed by atoms with Crippen molar-refractivity contribution in [2.45, 2.75) is 4.34 Å². The molecule has 0 radical (unpaired) electrons. The Morgan fingerprint density at radius 2 is 1.67 bits per heavy atom. The van der Waals surface area contributed by atoms with Gasteiger partial charge in [-0.1, -0.05) is 24.3 Å².